The van der Waals surface area contributed by atoms with Crippen LogP contribution in [0.3, 0.4) is 0 Å². The lowest BCUT2D eigenvalue weighted by Gasteiger charge is -2.23. The molecule has 1 aromatic heterocycles. The number of para-hydroxylation sites is 2. The molecule has 0 spiro atoms. The van der Waals surface area contributed by atoms with Crippen LogP contribution in [-0.2, 0) is 4.79 Å². The molecule has 1 aliphatic rings. The van der Waals surface area contributed by atoms with Gasteiger partial charge in [0.25, 0.3) is 0 Å². The van der Waals surface area contributed by atoms with Gasteiger partial charge in [-0.1, -0.05) is 26.0 Å². The lowest BCUT2D eigenvalue weighted by atomic mass is 9.93. The smallest absolute Gasteiger partial charge is 0.220 e. The first-order valence-corrected chi connectivity index (χ1v) is 9.56. The van der Waals surface area contributed by atoms with Crippen molar-refractivity contribution in [2.45, 2.75) is 52.0 Å². The van der Waals surface area contributed by atoms with E-state index < -0.39 is 0 Å². The first-order valence-electron chi connectivity index (χ1n) is 9.56. The second-order valence-electron chi connectivity index (χ2n) is 7.62. The van der Waals surface area contributed by atoms with Crippen molar-refractivity contribution in [3.63, 3.8) is 0 Å². The third-order valence-electron chi connectivity index (χ3n) is 5.02. The van der Waals surface area contributed by atoms with E-state index in [0.717, 1.165) is 42.8 Å². The van der Waals surface area contributed by atoms with Gasteiger partial charge in [0.05, 0.1) is 17.1 Å². The Bertz CT molecular complexity index is 665. The van der Waals surface area contributed by atoms with Crippen LogP contribution in [0.2, 0.25) is 0 Å². The average Bonchev–Trinajstić information content (AvgIpc) is 3.04. The summed E-state index contributed by atoms with van der Waals surface area (Å²) < 4.78 is 0. The van der Waals surface area contributed by atoms with Crippen LogP contribution in [0, 0.1) is 11.8 Å². The quantitative estimate of drug-likeness (QED) is 0.628. The molecule has 27 heavy (non-hydrogen) atoms. The summed E-state index contributed by atoms with van der Waals surface area (Å²) in [5, 5.41) is 6.59. The highest BCUT2D eigenvalue weighted by Gasteiger charge is 2.21. The lowest BCUT2D eigenvalue weighted by molar-refractivity contribution is -0.122. The van der Waals surface area contributed by atoms with Gasteiger partial charge in [0, 0.05) is 6.42 Å². The number of hydrogen-bond donors (Lipinski definition) is 3. The van der Waals surface area contributed by atoms with Crippen molar-refractivity contribution in [3.8, 4) is 0 Å². The number of carbonyl (C=O) groups is 1. The first-order chi connectivity index (χ1) is 12.1. The highest BCUT2D eigenvalue weighted by atomic mass is 35.5. The molecule has 1 aromatic carbocycles. The van der Waals surface area contributed by atoms with Crippen LogP contribution in [0.25, 0.3) is 11.0 Å². The van der Waals surface area contributed by atoms with Gasteiger partial charge in [-0.2, -0.15) is 0 Å². The number of hydrogen-bond acceptors (Lipinski definition) is 3. The number of aromatic nitrogens is 2. The molecule has 1 aliphatic heterocycles. The molecule has 1 atom stereocenters. The number of benzene rings is 1. The van der Waals surface area contributed by atoms with Crippen LogP contribution in [-0.4, -0.2) is 29.0 Å². The summed E-state index contributed by atoms with van der Waals surface area (Å²) in [6.07, 6.45) is 4.86. The van der Waals surface area contributed by atoms with Gasteiger partial charge in [-0.15, -0.1) is 24.8 Å². The van der Waals surface area contributed by atoms with Gasteiger partial charge in [-0.05, 0) is 62.7 Å². The van der Waals surface area contributed by atoms with Crippen LogP contribution < -0.4 is 10.6 Å². The first kappa shape index (κ1) is 23.7. The van der Waals surface area contributed by atoms with Crippen molar-refractivity contribution in [2.75, 3.05) is 13.1 Å². The molecule has 1 unspecified atom stereocenters. The molecule has 2 aromatic rings. The Kier molecular flexibility index (Phi) is 10.1. The van der Waals surface area contributed by atoms with E-state index in [-0.39, 0.29) is 36.8 Å². The molecule has 3 rings (SSSR count). The molecular weight excluding hydrogens is 383 g/mol. The van der Waals surface area contributed by atoms with Crippen molar-refractivity contribution in [1.29, 1.82) is 0 Å². The summed E-state index contributed by atoms with van der Waals surface area (Å²) in [4.78, 5) is 20.6. The Morgan fingerprint density at radius 3 is 2.59 bits per heavy atom. The fourth-order valence-electron chi connectivity index (χ4n) is 3.62. The maximum Gasteiger partial charge on any atom is 0.220 e. The van der Waals surface area contributed by atoms with Crippen molar-refractivity contribution in [2.24, 2.45) is 11.8 Å². The van der Waals surface area contributed by atoms with Crippen LogP contribution in [0.4, 0.5) is 0 Å². The number of nitrogens with one attached hydrogen (secondary N) is 3. The minimum absolute atomic E-state index is 0. The van der Waals surface area contributed by atoms with Crippen molar-refractivity contribution >= 4 is 41.8 Å². The van der Waals surface area contributed by atoms with Gasteiger partial charge in [-0.25, -0.2) is 4.98 Å². The standard InChI is InChI=1S/C20H30N4O.2ClH/c1-14(2)13-18(20-23-16-5-3-4-6-17(16)24-20)22-19(25)8-7-15-9-11-21-12-10-15;;/h3-6,14-15,18,21H,7-13H2,1-2H3,(H,22,25)(H,23,24);2*1H. The molecule has 1 fully saturated rings. The Morgan fingerprint density at radius 1 is 1.22 bits per heavy atom. The van der Waals surface area contributed by atoms with Gasteiger partial charge in [-0.3, -0.25) is 4.79 Å². The summed E-state index contributed by atoms with van der Waals surface area (Å²) >= 11 is 0. The highest BCUT2D eigenvalue weighted by Crippen LogP contribution is 2.23. The summed E-state index contributed by atoms with van der Waals surface area (Å²) in [7, 11) is 0. The SMILES string of the molecule is CC(C)CC(NC(=O)CCC1CCNCC1)c1nc2ccccc2[nH]1.Cl.Cl. The topological polar surface area (TPSA) is 69.8 Å². The molecule has 0 aliphatic carbocycles. The number of amides is 1. The van der Waals surface area contributed by atoms with E-state index in [0.29, 0.717) is 18.3 Å². The van der Waals surface area contributed by atoms with Crippen molar-refractivity contribution < 1.29 is 4.79 Å². The second-order valence-corrected chi connectivity index (χ2v) is 7.62. The third kappa shape index (κ3) is 6.98. The predicted octanol–water partition coefficient (Wildman–Crippen LogP) is 4.39. The molecule has 2 heterocycles. The zero-order valence-electron chi connectivity index (χ0n) is 16.2. The molecule has 5 nitrogen and oxygen atoms in total. The van der Waals surface area contributed by atoms with Crippen LogP contribution in [0.1, 0.15) is 57.8 Å². The molecule has 152 valence electrons. The number of halogens is 2. The number of imidazole rings is 1. The normalized spacial score (nSPS) is 15.8. The Labute approximate surface area is 174 Å². The molecule has 0 radical (unpaired) electrons. The number of carbonyl (C=O) groups excluding carboxylic acids is 1. The lowest BCUT2D eigenvalue weighted by Crippen LogP contribution is -2.32. The van der Waals surface area contributed by atoms with E-state index in [9.17, 15) is 4.79 Å². The molecular formula is C20H32Cl2N4O. The maximum atomic E-state index is 12.5. The van der Waals surface area contributed by atoms with Gasteiger partial charge >= 0.3 is 0 Å². The zero-order valence-corrected chi connectivity index (χ0v) is 17.8. The minimum Gasteiger partial charge on any atom is -0.346 e. The van der Waals surface area contributed by atoms with E-state index in [4.69, 9.17) is 4.98 Å². The summed E-state index contributed by atoms with van der Waals surface area (Å²) in [5.41, 5.74) is 1.98. The Hall–Kier alpha value is -1.30. The van der Waals surface area contributed by atoms with E-state index in [1.165, 1.54) is 12.8 Å². The maximum absolute atomic E-state index is 12.5. The second kappa shape index (κ2) is 11.5. The van der Waals surface area contributed by atoms with E-state index in [1.54, 1.807) is 0 Å². The Morgan fingerprint density at radius 2 is 1.93 bits per heavy atom. The Balaban J connectivity index is 0.00000182. The van der Waals surface area contributed by atoms with Crippen molar-refractivity contribution in [1.82, 2.24) is 20.6 Å². The molecule has 7 heteroatoms. The van der Waals surface area contributed by atoms with Crippen LogP contribution in [0.5, 0.6) is 0 Å². The minimum atomic E-state index is -0.0482. The summed E-state index contributed by atoms with van der Waals surface area (Å²) in [6, 6.07) is 7.96. The average molecular weight is 415 g/mol. The summed E-state index contributed by atoms with van der Waals surface area (Å²) in [6.45, 7) is 6.52. The monoisotopic (exact) mass is 414 g/mol. The van der Waals surface area contributed by atoms with Crippen LogP contribution >= 0.6 is 24.8 Å². The molecule has 0 bridgehead atoms. The van der Waals surface area contributed by atoms with Gasteiger partial charge < -0.3 is 15.6 Å². The predicted molar refractivity (Wildman–Crippen MR) is 116 cm³/mol. The van der Waals surface area contributed by atoms with Gasteiger partial charge in [0.15, 0.2) is 0 Å². The number of H-pyrrole nitrogens is 1. The molecule has 1 amide bonds. The van der Waals surface area contributed by atoms with Crippen LogP contribution in [0.15, 0.2) is 24.3 Å². The highest BCUT2D eigenvalue weighted by molar-refractivity contribution is 5.85. The fraction of sp³-hybridized carbons (Fsp3) is 0.600. The molecule has 0 saturated carbocycles. The molecule has 3 N–H and O–H groups in total. The largest absolute Gasteiger partial charge is 0.346 e. The molecule has 1 saturated heterocycles. The number of rotatable bonds is 7. The number of aromatic amines is 1. The summed E-state index contributed by atoms with van der Waals surface area (Å²) in [5.74, 6) is 2.18. The van der Waals surface area contributed by atoms with E-state index in [1.807, 2.05) is 24.3 Å². The van der Waals surface area contributed by atoms with E-state index >= 15 is 0 Å². The van der Waals surface area contributed by atoms with Gasteiger partial charge in [0.2, 0.25) is 5.91 Å². The van der Waals surface area contributed by atoms with Crippen molar-refractivity contribution in [3.05, 3.63) is 30.1 Å². The fourth-order valence-corrected chi connectivity index (χ4v) is 3.62. The number of piperidine rings is 1. The number of nitrogens with zero attached hydrogens (tertiary/aromatic N) is 1. The third-order valence-corrected chi connectivity index (χ3v) is 5.02. The van der Waals surface area contributed by atoms with E-state index in [2.05, 4.69) is 29.5 Å². The van der Waals surface area contributed by atoms with Gasteiger partial charge in [0.1, 0.15) is 5.82 Å². The zero-order chi connectivity index (χ0) is 17.6. The number of fused-ring (bicyclic) bond motifs is 1.